The fourth-order valence-electron chi connectivity index (χ4n) is 0.480. The minimum atomic E-state index is -0.833. The van der Waals surface area contributed by atoms with Crippen LogP contribution in [0.1, 0.15) is 0 Å². The van der Waals surface area contributed by atoms with Crippen LogP contribution in [0.5, 0.6) is 0 Å². The Morgan fingerprint density at radius 2 is 1.44 bits per heavy atom. The SMILES string of the molecule is F.NC(N)=O.c1ccoc1.c1cncnc1. The van der Waals surface area contributed by atoms with Gasteiger partial charge in [-0.2, -0.15) is 0 Å². The third kappa shape index (κ3) is 17.6. The fraction of sp³-hybridized carbons (Fsp3) is 0. The van der Waals surface area contributed by atoms with E-state index in [4.69, 9.17) is 4.79 Å². The Labute approximate surface area is 91.7 Å². The van der Waals surface area contributed by atoms with Crippen molar-refractivity contribution in [2.75, 3.05) is 0 Å². The normalized spacial score (nSPS) is 7.00. The maximum atomic E-state index is 9.00. The molecule has 2 aromatic heterocycles. The van der Waals surface area contributed by atoms with Gasteiger partial charge in [0.25, 0.3) is 0 Å². The van der Waals surface area contributed by atoms with Crippen molar-refractivity contribution in [3.63, 3.8) is 0 Å². The van der Waals surface area contributed by atoms with Gasteiger partial charge in [0.2, 0.25) is 0 Å². The van der Waals surface area contributed by atoms with Crippen LogP contribution in [-0.4, -0.2) is 16.0 Å². The third-order valence-electron chi connectivity index (χ3n) is 0.903. The van der Waals surface area contributed by atoms with Crippen molar-refractivity contribution < 1.29 is 13.9 Å². The second kappa shape index (κ2) is 12.6. The Bertz CT molecular complexity index is 281. The molecule has 88 valence electrons. The number of nitrogens with zero attached hydrogens (tertiary/aromatic N) is 2. The van der Waals surface area contributed by atoms with Crippen LogP contribution in [-0.2, 0) is 0 Å². The third-order valence-corrected chi connectivity index (χ3v) is 0.903. The molecular weight excluding hydrogens is 215 g/mol. The summed E-state index contributed by atoms with van der Waals surface area (Å²) in [4.78, 5) is 16.3. The molecule has 0 saturated heterocycles. The van der Waals surface area contributed by atoms with Gasteiger partial charge in [-0.3, -0.25) is 4.70 Å². The van der Waals surface area contributed by atoms with Crippen LogP contribution in [0.2, 0.25) is 0 Å². The number of nitrogens with two attached hydrogens (primary N) is 2. The molecule has 2 aromatic rings. The summed E-state index contributed by atoms with van der Waals surface area (Å²) >= 11 is 0. The number of primary amides is 2. The van der Waals surface area contributed by atoms with E-state index in [0.717, 1.165) is 0 Å². The zero-order chi connectivity index (χ0) is 11.4. The predicted molar refractivity (Wildman–Crippen MR) is 57.0 cm³/mol. The molecule has 2 rings (SSSR count). The van der Waals surface area contributed by atoms with Gasteiger partial charge in [-0.15, -0.1) is 0 Å². The van der Waals surface area contributed by atoms with E-state index in [1.807, 2.05) is 12.1 Å². The van der Waals surface area contributed by atoms with E-state index in [-0.39, 0.29) is 4.70 Å². The number of furan rings is 1. The van der Waals surface area contributed by atoms with E-state index in [9.17, 15) is 0 Å². The average molecular weight is 228 g/mol. The minimum Gasteiger partial charge on any atom is -0.473 e. The lowest BCUT2D eigenvalue weighted by Gasteiger charge is -1.70. The summed E-state index contributed by atoms with van der Waals surface area (Å²) in [7, 11) is 0. The highest BCUT2D eigenvalue weighted by atomic mass is 19.0. The Hall–Kier alpha value is -2.44. The van der Waals surface area contributed by atoms with Gasteiger partial charge in [-0.25, -0.2) is 14.8 Å². The lowest BCUT2D eigenvalue weighted by molar-refractivity contribution is 0.256. The van der Waals surface area contributed by atoms with Gasteiger partial charge in [0.15, 0.2) is 0 Å². The molecule has 2 heterocycles. The Kier molecular flexibility index (Phi) is 12.6. The molecule has 0 aliphatic carbocycles. The molecule has 6 nitrogen and oxygen atoms in total. The van der Waals surface area contributed by atoms with Gasteiger partial charge in [-0.05, 0) is 18.2 Å². The summed E-state index contributed by atoms with van der Waals surface area (Å²) in [5.41, 5.74) is 8.50. The number of hydrogen-bond donors (Lipinski definition) is 2. The van der Waals surface area contributed by atoms with Gasteiger partial charge in [0.1, 0.15) is 6.33 Å². The van der Waals surface area contributed by atoms with Crippen molar-refractivity contribution >= 4 is 6.03 Å². The van der Waals surface area contributed by atoms with E-state index < -0.39 is 6.03 Å². The van der Waals surface area contributed by atoms with E-state index in [1.54, 1.807) is 31.0 Å². The Morgan fingerprint density at radius 3 is 1.56 bits per heavy atom. The maximum Gasteiger partial charge on any atom is 0.309 e. The van der Waals surface area contributed by atoms with Crippen LogP contribution in [0.3, 0.4) is 0 Å². The van der Waals surface area contributed by atoms with Gasteiger partial charge < -0.3 is 15.9 Å². The number of halogens is 1. The monoisotopic (exact) mass is 228 g/mol. The number of carbonyl (C=O) groups is 1. The van der Waals surface area contributed by atoms with E-state index >= 15 is 0 Å². The highest BCUT2D eigenvalue weighted by molar-refractivity contribution is 5.69. The van der Waals surface area contributed by atoms with Crippen molar-refractivity contribution in [1.82, 2.24) is 9.97 Å². The lowest BCUT2D eigenvalue weighted by atomic mass is 10.7. The number of amides is 2. The first-order chi connectivity index (χ1) is 7.23. The molecule has 7 heteroatoms. The first-order valence-corrected chi connectivity index (χ1v) is 3.95. The largest absolute Gasteiger partial charge is 0.473 e. The van der Waals surface area contributed by atoms with Crippen molar-refractivity contribution in [2.24, 2.45) is 11.5 Å². The second-order valence-electron chi connectivity index (χ2n) is 2.10. The minimum absolute atomic E-state index is 0. The van der Waals surface area contributed by atoms with Crippen molar-refractivity contribution in [2.45, 2.75) is 0 Å². The molecule has 0 spiro atoms. The smallest absolute Gasteiger partial charge is 0.309 e. The molecule has 4 N–H and O–H groups in total. The standard InChI is InChI=1S/C4H4N2.C4H4O.CH4N2O.FH/c1-2-5-4-6-3-1;1-2-4-5-3-1;2-1(3)4;/h1-4H;1-4H;(H4,2,3,4);1H. The fourth-order valence-corrected chi connectivity index (χ4v) is 0.480. The maximum absolute atomic E-state index is 9.00. The van der Waals surface area contributed by atoms with Crippen molar-refractivity contribution in [3.05, 3.63) is 49.4 Å². The van der Waals surface area contributed by atoms with Gasteiger partial charge in [0, 0.05) is 12.4 Å². The van der Waals surface area contributed by atoms with Crippen LogP contribution in [0.25, 0.3) is 0 Å². The molecule has 0 unspecified atom stereocenters. The first-order valence-electron chi connectivity index (χ1n) is 3.95. The molecule has 0 bridgehead atoms. The quantitative estimate of drug-likeness (QED) is 0.699. The summed E-state index contributed by atoms with van der Waals surface area (Å²) in [6.45, 7) is 0. The van der Waals surface area contributed by atoms with Crippen molar-refractivity contribution in [3.8, 4) is 0 Å². The van der Waals surface area contributed by atoms with E-state index in [1.165, 1.54) is 6.33 Å². The first kappa shape index (κ1) is 16.0. The molecular formula is C9H13FN4O2. The highest BCUT2D eigenvalue weighted by Crippen LogP contribution is 1.79. The zero-order valence-corrected chi connectivity index (χ0v) is 8.39. The van der Waals surface area contributed by atoms with Crippen LogP contribution >= 0.6 is 0 Å². The Morgan fingerprint density at radius 1 is 1.00 bits per heavy atom. The molecule has 16 heavy (non-hydrogen) atoms. The summed E-state index contributed by atoms with van der Waals surface area (Å²) in [5.74, 6) is 0. The van der Waals surface area contributed by atoms with Gasteiger partial charge in [0.05, 0.1) is 12.5 Å². The summed E-state index contributed by atoms with van der Waals surface area (Å²) in [6.07, 6.45) is 8.12. The topological polar surface area (TPSA) is 108 Å². The molecule has 0 aliphatic rings. The molecule has 0 aromatic carbocycles. The van der Waals surface area contributed by atoms with Crippen LogP contribution in [0, 0.1) is 0 Å². The summed E-state index contributed by atoms with van der Waals surface area (Å²) < 4.78 is 4.58. The molecule has 0 radical (unpaired) electrons. The molecule has 0 aliphatic heterocycles. The number of urea groups is 1. The number of hydrogen-bond acceptors (Lipinski definition) is 4. The van der Waals surface area contributed by atoms with Crippen molar-refractivity contribution in [1.29, 1.82) is 0 Å². The highest BCUT2D eigenvalue weighted by Gasteiger charge is 1.61. The number of aromatic nitrogens is 2. The zero-order valence-electron chi connectivity index (χ0n) is 8.39. The molecule has 2 amide bonds. The second-order valence-corrected chi connectivity index (χ2v) is 2.10. The Balaban J connectivity index is 0. The van der Waals surface area contributed by atoms with Gasteiger partial charge in [-0.1, -0.05) is 0 Å². The van der Waals surface area contributed by atoms with Gasteiger partial charge >= 0.3 is 6.03 Å². The van der Waals surface area contributed by atoms with Crippen LogP contribution in [0.4, 0.5) is 9.50 Å². The van der Waals surface area contributed by atoms with Crippen LogP contribution < -0.4 is 11.5 Å². The predicted octanol–water partition coefficient (Wildman–Crippen LogP) is 0.933. The molecule has 0 fully saturated rings. The van der Waals surface area contributed by atoms with E-state index in [0.29, 0.717) is 0 Å². The number of rotatable bonds is 0. The molecule has 0 saturated carbocycles. The van der Waals surface area contributed by atoms with E-state index in [2.05, 4.69) is 25.9 Å². The average Bonchev–Trinajstić information content (AvgIpc) is 2.77. The lowest BCUT2D eigenvalue weighted by Crippen LogP contribution is -2.18. The summed E-state index contributed by atoms with van der Waals surface area (Å²) in [5, 5.41) is 0. The number of carbonyl (C=O) groups excluding carboxylic acids is 1. The van der Waals surface area contributed by atoms with Crippen LogP contribution in [0.15, 0.2) is 53.9 Å². The summed E-state index contributed by atoms with van der Waals surface area (Å²) in [6, 6.07) is 4.61. The molecule has 0 atom stereocenters.